The number of halogens is 2. The first-order valence-electron chi connectivity index (χ1n) is 21.0. The molecule has 0 radical (unpaired) electrons. The molecule has 3 aliphatic heterocycles. The van der Waals surface area contributed by atoms with Gasteiger partial charge in [-0.15, -0.1) is 0 Å². The topological polar surface area (TPSA) is 64.5 Å². The third kappa shape index (κ3) is 6.53. The van der Waals surface area contributed by atoms with Gasteiger partial charge in [0.1, 0.15) is 12.3 Å². The highest BCUT2D eigenvalue weighted by molar-refractivity contribution is 9.10. The van der Waals surface area contributed by atoms with Gasteiger partial charge in [-0.1, -0.05) is 142 Å². The fourth-order valence-electron chi connectivity index (χ4n) is 9.10. The number of benzene rings is 4. The normalized spacial score (nSPS) is 18.1. The molecule has 0 bridgehead atoms. The third-order valence-electron chi connectivity index (χ3n) is 12.5. The van der Waals surface area contributed by atoms with Crippen molar-refractivity contribution < 1.29 is 0 Å². The lowest BCUT2D eigenvalue weighted by Gasteiger charge is -2.41. The molecule has 9 rings (SSSR count). The number of hydrogen-bond donors (Lipinski definition) is 0. The van der Waals surface area contributed by atoms with Crippen molar-refractivity contribution in [2.24, 2.45) is 0 Å². The molecule has 10 heteroatoms. The maximum absolute atomic E-state index is 5.59. The Hall–Kier alpha value is -5.06. The SMILES string of the molecule is CCC1(CC)C=C(C2N(c3ccccc3)c3ncc(C(C)(C)C)nc3N2c2cc(Br)ccc2C)C2N(c3ccccc3)c3nc(C(C)(C)C)cnc3N2c2cc(Br)ccc21. The van der Waals surface area contributed by atoms with Gasteiger partial charge in [0.25, 0.3) is 0 Å². The van der Waals surface area contributed by atoms with Gasteiger partial charge in [-0.3, -0.25) is 19.6 Å². The minimum atomic E-state index is -0.420. The Morgan fingerprint density at radius 3 is 1.53 bits per heavy atom. The van der Waals surface area contributed by atoms with Crippen molar-refractivity contribution in [1.29, 1.82) is 0 Å². The van der Waals surface area contributed by atoms with Crippen LogP contribution in [-0.2, 0) is 16.2 Å². The number of anilines is 8. The number of fused-ring (bicyclic) bond motifs is 6. The number of nitrogens with zero attached hydrogens (tertiary/aromatic N) is 8. The first-order valence-corrected chi connectivity index (χ1v) is 22.5. The Morgan fingerprint density at radius 2 is 1.02 bits per heavy atom. The predicted molar refractivity (Wildman–Crippen MR) is 254 cm³/mol. The highest BCUT2D eigenvalue weighted by Gasteiger charge is 2.54. The van der Waals surface area contributed by atoms with Crippen LogP contribution in [0.15, 0.2) is 130 Å². The summed E-state index contributed by atoms with van der Waals surface area (Å²) in [6.07, 6.45) is 7.51. The van der Waals surface area contributed by atoms with Crippen LogP contribution < -0.4 is 19.6 Å². The monoisotopic (exact) mass is 922 g/mol. The maximum Gasteiger partial charge on any atom is 0.179 e. The van der Waals surface area contributed by atoms with E-state index in [9.17, 15) is 0 Å². The molecule has 0 saturated carbocycles. The van der Waals surface area contributed by atoms with Gasteiger partial charge in [0, 0.05) is 47.8 Å². The lowest BCUT2D eigenvalue weighted by atomic mass is 9.74. The molecule has 306 valence electrons. The highest BCUT2D eigenvalue weighted by Crippen LogP contribution is 2.58. The maximum atomic E-state index is 5.59. The van der Waals surface area contributed by atoms with Crippen molar-refractivity contribution in [3.8, 4) is 0 Å². The van der Waals surface area contributed by atoms with Crippen molar-refractivity contribution in [2.45, 2.75) is 104 Å². The number of allylic oxidation sites excluding steroid dienone is 1. The van der Waals surface area contributed by atoms with E-state index in [0.717, 1.165) is 84.8 Å². The highest BCUT2D eigenvalue weighted by atomic mass is 79.9. The molecule has 6 aromatic rings. The molecule has 2 aromatic heterocycles. The summed E-state index contributed by atoms with van der Waals surface area (Å²) in [6, 6.07) is 34.7. The van der Waals surface area contributed by atoms with E-state index in [4.69, 9.17) is 19.9 Å². The van der Waals surface area contributed by atoms with Crippen LogP contribution in [-0.4, -0.2) is 32.3 Å². The fraction of sp³-hybridized carbons (Fsp3) is 0.320. The largest absolute Gasteiger partial charge is 0.298 e. The van der Waals surface area contributed by atoms with Crippen molar-refractivity contribution in [1.82, 2.24) is 19.9 Å². The van der Waals surface area contributed by atoms with Crippen molar-refractivity contribution in [3.05, 3.63) is 153 Å². The average Bonchev–Trinajstić information content (AvgIpc) is 3.71. The number of hydrogen-bond acceptors (Lipinski definition) is 8. The number of rotatable bonds is 6. The molecule has 3 aliphatic rings. The standard InChI is InChI=1S/C50H52Br2N8/c1-10-50(11-2)28-36(46-57(34-18-14-12-15-19-34)42-45(56-41(29-53-42)49(7,8)9)59(46)38-26-32(51)23-22-31(38)3)47-58(35-20-16-13-17-21-35)44-43(54-30-40(55-44)48(4,5)6)60(47)39-27-33(52)24-25-37(39)50/h12-30,46-47H,10-11H2,1-9H3. The molecule has 0 amide bonds. The van der Waals surface area contributed by atoms with Gasteiger partial charge in [-0.05, 0) is 79.4 Å². The van der Waals surface area contributed by atoms with E-state index in [1.165, 1.54) is 11.1 Å². The Morgan fingerprint density at radius 1 is 0.567 bits per heavy atom. The van der Waals surface area contributed by atoms with Gasteiger partial charge in [-0.25, -0.2) is 19.9 Å². The van der Waals surface area contributed by atoms with E-state index in [2.05, 4.69) is 217 Å². The minimum absolute atomic E-state index is 0.224. The molecule has 2 unspecified atom stereocenters. The third-order valence-corrected chi connectivity index (χ3v) is 13.4. The van der Waals surface area contributed by atoms with E-state index in [0.29, 0.717) is 0 Å². The lowest BCUT2D eigenvalue weighted by Crippen LogP contribution is -2.50. The van der Waals surface area contributed by atoms with Crippen LogP contribution in [0.25, 0.3) is 0 Å². The first kappa shape index (κ1) is 40.4. The quantitative estimate of drug-likeness (QED) is 0.153. The van der Waals surface area contributed by atoms with Crippen LogP contribution in [0.3, 0.4) is 0 Å². The Kier molecular flexibility index (Phi) is 9.98. The average molecular weight is 925 g/mol. The lowest BCUT2D eigenvalue weighted by molar-refractivity contribution is 0.493. The van der Waals surface area contributed by atoms with Gasteiger partial charge in [0.2, 0.25) is 0 Å². The summed E-state index contributed by atoms with van der Waals surface area (Å²) in [5, 5.41) is 0. The summed E-state index contributed by atoms with van der Waals surface area (Å²) in [4.78, 5) is 31.7. The predicted octanol–water partition coefficient (Wildman–Crippen LogP) is 13.6. The first-order chi connectivity index (χ1) is 28.6. The Labute approximate surface area is 371 Å². The Balaban J connectivity index is 1.44. The van der Waals surface area contributed by atoms with Crippen molar-refractivity contribution in [2.75, 3.05) is 19.6 Å². The zero-order valence-corrected chi connectivity index (χ0v) is 39.0. The number of aromatic nitrogens is 4. The van der Waals surface area contributed by atoms with Crippen LogP contribution in [0, 0.1) is 6.92 Å². The van der Waals surface area contributed by atoms with Crippen LogP contribution in [0.1, 0.15) is 90.7 Å². The van der Waals surface area contributed by atoms with Gasteiger partial charge >= 0.3 is 0 Å². The molecular weight excluding hydrogens is 872 g/mol. The van der Waals surface area contributed by atoms with Crippen LogP contribution >= 0.6 is 31.9 Å². The molecule has 0 fully saturated rings. The molecule has 0 N–H and O–H groups in total. The van der Waals surface area contributed by atoms with Gasteiger partial charge in [0.05, 0.1) is 29.5 Å². The van der Waals surface area contributed by atoms with Gasteiger partial charge in [-0.2, -0.15) is 0 Å². The zero-order valence-electron chi connectivity index (χ0n) is 35.9. The molecule has 4 aromatic carbocycles. The van der Waals surface area contributed by atoms with E-state index >= 15 is 0 Å². The van der Waals surface area contributed by atoms with E-state index in [-0.39, 0.29) is 16.2 Å². The second-order valence-electron chi connectivity index (χ2n) is 18.3. The minimum Gasteiger partial charge on any atom is -0.298 e. The zero-order chi connectivity index (χ0) is 42.3. The molecule has 60 heavy (non-hydrogen) atoms. The second-order valence-corrected chi connectivity index (χ2v) is 20.1. The summed E-state index contributed by atoms with van der Waals surface area (Å²) in [7, 11) is 0. The second kappa shape index (κ2) is 14.8. The van der Waals surface area contributed by atoms with Gasteiger partial charge in [0.15, 0.2) is 23.3 Å². The summed E-state index contributed by atoms with van der Waals surface area (Å²) in [6.45, 7) is 20.1. The van der Waals surface area contributed by atoms with Crippen LogP contribution in [0.5, 0.6) is 0 Å². The summed E-state index contributed by atoms with van der Waals surface area (Å²) in [5.74, 6) is 3.28. The van der Waals surface area contributed by atoms with Gasteiger partial charge < -0.3 is 0 Å². The van der Waals surface area contributed by atoms with E-state index in [1.807, 2.05) is 12.4 Å². The van der Waals surface area contributed by atoms with Crippen molar-refractivity contribution >= 4 is 77.9 Å². The van der Waals surface area contributed by atoms with Crippen LogP contribution in [0.4, 0.5) is 46.0 Å². The molecule has 0 saturated heterocycles. The molecule has 0 aliphatic carbocycles. The molecular formula is C50H52Br2N8. The summed E-state index contributed by atoms with van der Waals surface area (Å²) in [5.41, 5.74) is 8.86. The van der Waals surface area contributed by atoms with Crippen molar-refractivity contribution in [3.63, 3.8) is 0 Å². The molecule has 5 heterocycles. The van der Waals surface area contributed by atoms with Crippen LogP contribution in [0.2, 0.25) is 0 Å². The van der Waals surface area contributed by atoms with E-state index in [1.54, 1.807) is 0 Å². The summed E-state index contributed by atoms with van der Waals surface area (Å²) < 4.78 is 2.01. The van der Waals surface area contributed by atoms with E-state index < -0.39 is 12.3 Å². The Bertz CT molecular complexity index is 2630. The fourth-order valence-corrected chi connectivity index (χ4v) is 9.80. The molecule has 0 spiro atoms. The molecule has 2 atom stereocenters. The molecule has 8 nitrogen and oxygen atoms in total. The number of para-hydroxylation sites is 2. The summed E-state index contributed by atoms with van der Waals surface area (Å²) >= 11 is 7.80. The smallest absolute Gasteiger partial charge is 0.179 e. The number of aryl methyl sites for hydroxylation is 1.